The monoisotopic (exact) mass is 216 g/mol. The van der Waals surface area contributed by atoms with Crippen LogP contribution in [0.4, 0.5) is 4.39 Å². The first-order valence-corrected chi connectivity index (χ1v) is 6.47. The fourth-order valence-corrected chi connectivity index (χ4v) is 2.47. The Kier molecular flexibility index (Phi) is 6.47. The molecule has 0 N–H and O–H groups in total. The molecule has 3 unspecified atom stereocenters. The van der Waals surface area contributed by atoms with E-state index >= 15 is 0 Å². The van der Waals surface area contributed by atoms with Gasteiger partial charge in [-0.25, -0.2) is 4.39 Å². The molecule has 0 radical (unpaired) electrons. The van der Waals surface area contributed by atoms with Gasteiger partial charge in [-0.3, -0.25) is 0 Å². The normalized spacial score (nSPS) is 20.0. The molecule has 92 valence electrons. The molecule has 0 nitrogen and oxygen atoms in total. The van der Waals surface area contributed by atoms with E-state index in [0.29, 0.717) is 24.7 Å². The second-order valence-electron chi connectivity index (χ2n) is 5.95. The molecule has 0 heterocycles. The number of rotatable bonds is 7. The Morgan fingerprint density at radius 3 is 2.00 bits per heavy atom. The van der Waals surface area contributed by atoms with E-state index in [4.69, 9.17) is 0 Å². The van der Waals surface area contributed by atoms with Crippen LogP contribution in [0.2, 0.25) is 0 Å². The summed E-state index contributed by atoms with van der Waals surface area (Å²) in [5, 5.41) is 0. The molecule has 0 bridgehead atoms. The van der Waals surface area contributed by atoms with Crippen LogP contribution in [0.1, 0.15) is 67.2 Å². The van der Waals surface area contributed by atoms with Crippen molar-refractivity contribution in [3.8, 4) is 0 Å². The fraction of sp³-hybridized carbons (Fsp3) is 1.00. The van der Waals surface area contributed by atoms with Crippen molar-refractivity contribution in [2.24, 2.45) is 17.8 Å². The molecular weight excluding hydrogens is 187 g/mol. The summed E-state index contributed by atoms with van der Waals surface area (Å²) in [4.78, 5) is 0. The average Bonchev–Trinajstić information content (AvgIpc) is 2.01. The molecule has 0 saturated heterocycles. The molecule has 15 heavy (non-hydrogen) atoms. The third kappa shape index (κ3) is 6.92. The predicted molar refractivity (Wildman–Crippen MR) is 66.8 cm³/mol. The lowest BCUT2D eigenvalue weighted by Crippen LogP contribution is -2.24. The minimum absolute atomic E-state index is 0.494. The van der Waals surface area contributed by atoms with Gasteiger partial charge >= 0.3 is 0 Å². The fourth-order valence-electron chi connectivity index (χ4n) is 2.47. The first-order valence-electron chi connectivity index (χ1n) is 6.47. The van der Waals surface area contributed by atoms with Gasteiger partial charge in [0.1, 0.15) is 5.67 Å². The lowest BCUT2D eigenvalue weighted by molar-refractivity contribution is 0.115. The zero-order valence-electron chi connectivity index (χ0n) is 11.4. The average molecular weight is 216 g/mol. The smallest absolute Gasteiger partial charge is 0.108 e. The standard InChI is InChI=1S/C14H29F/c1-7-8-14(6,15)10-13(5)12(4)9-11(2)3/h11-13H,7-10H2,1-6H3. The number of hydrogen-bond donors (Lipinski definition) is 0. The number of alkyl halides is 1. The van der Waals surface area contributed by atoms with Crippen molar-refractivity contribution in [2.75, 3.05) is 0 Å². The van der Waals surface area contributed by atoms with E-state index in [1.54, 1.807) is 6.92 Å². The molecule has 0 aromatic heterocycles. The molecule has 0 aliphatic rings. The van der Waals surface area contributed by atoms with E-state index in [-0.39, 0.29) is 0 Å². The first kappa shape index (κ1) is 14.9. The summed E-state index contributed by atoms with van der Waals surface area (Å²) in [7, 11) is 0. The summed E-state index contributed by atoms with van der Waals surface area (Å²) in [6.07, 6.45) is 3.57. The van der Waals surface area contributed by atoms with Gasteiger partial charge in [0.2, 0.25) is 0 Å². The van der Waals surface area contributed by atoms with Gasteiger partial charge in [-0.1, -0.05) is 41.0 Å². The van der Waals surface area contributed by atoms with E-state index in [2.05, 4.69) is 34.6 Å². The van der Waals surface area contributed by atoms with Crippen LogP contribution in [0.5, 0.6) is 0 Å². The van der Waals surface area contributed by atoms with Crippen LogP contribution in [0, 0.1) is 17.8 Å². The number of hydrogen-bond acceptors (Lipinski definition) is 0. The van der Waals surface area contributed by atoms with Crippen LogP contribution in [-0.4, -0.2) is 5.67 Å². The second kappa shape index (κ2) is 6.50. The Morgan fingerprint density at radius 2 is 1.60 bits per heavy atom. The van der Waals surface area contributed by atoms with E-state index < -0.39 is 5.67 Å². The van der Waals surface area contributed by atoms with Crippen molar-refractivity contribution in [3.05, 3.63) is 0 Å². The van der Waals surface area contributed by atoms with Crippen LogP contribution in [0.25, 0.3) is 0 Å². The van der Waals surface area contributed by atoms with Crippen LogP contribution in [0.3, 0.4) is 0 Å². The Balaban J connectivity index is 4.05. The third-order valence-electron chi connectivity index (χ3n) is 3.33. The summed E-state index contributed by atoms with van der Waals surface area (Å²) < 4.78 is 14.0. The first-order chi connectivity index (χ1) is 6.78. The molecule has 0 saturated carbocycles. The maximum Gasteiger partial charge on any atom is 0.108 e. The van der Waals surface area contributed by atoms with Crippen LogP contribution < -0.4 is 0 Å². The maximum absolute atomic E-state index is 14.0. The Hall–Kier alpha value is -0.0700. The zero-order valence-corrected chi connectivity index (χ0v) is 11.4. The minimum atomic E-state index is -0.959. The number of halogens is 1. The third-order valence-corrected chi connectivity index (χ3v) is 3.33. The Labute approximate surface area is 95.6 Å². The van der Waals surface area contributed by atoms with Crippen molar-refractivity contribution in [3.63, 3.8) is 0 Å². The molecule has 0 aliphatic heterocycles. The van der Waals surface area contributed by atoms with Crippen LogP contribution in [-0.2, 0) is 0 Å². The van der Waals surface area contributed by atoms with E-state index in [1.807, 2.05) is 0 Å². The van der Waals surface area contributed by atoms with Crippen molar-refractivity contribution in [1.82, 2.24) is 0 Å². The lowest BCUT2D eigenvalue weighted by Gasteiger charge is -2.28. The van der Waals surface area contributed by atoms with Gasteiger partial charge in [-0.05, 0) is 43.9 Å². The molecule has 1 heteroatoms. The van der Waals surface area contributed by atoms with Gasteiger partial charge in [0.15, 0.2) is 0 Å². The minimum Gasteiger partial charge on any atom is -0.244 e. The summed E-state index contributed by atoms with van der Waals surface area (Å²) in [5.74, 6) is 1.85. The largest absolute Gasteiger partial charge is 0.244 e. The van der Waals surface area contributed by atoms with Crippen molar-refractivity contribution in [2.45, 2.75) is 72.9 Å². The van der Waals surface area contributed by atoms with Gasteiger partial charge in [0.25, 0.3) is 0 Å². The second-order valence-corrected chi connectivity index (χ2v) is 5.95. The molecule has 0 aliphatic carbocycles. The van der Waals surface area contributed by atoms with E-state index in [9.17, 15) is 4.39 Å². The predicted octanol–water partition coefficient (Wildman–Crippen LogP) is 5.22. The topological polar surface area (TPSA) is 0 Å². The molecular formula is C14H29F. The van der Waals surface area contributed by atoms with Gasteiger partial charge in [-0.2, -0.15) is 0 Å². The van der Waals surface area contributed by atoms with Gasteiger partial charge < -0.3 is 0 Å². The molecule has 0 aromatic rings. The molecule has 0 fully saturated rings. The Bertz CT molecular complexity index is 161. The summed E-state index contributed by atoms with van der Waals surface area (Å²) in [6.45, 7) is 12.7. The van der Waals surface area contributed by atoms with E-state index in [1.165, 1.54) is 6.42 Å². The maximum atomic E-state index is 14.0. The van der Waals surface area contributed by atoms with Crippen LogP contribution in [0.15, 0.2) is 0 Å². The van der Waals surface area contributed by atoms with E-state index in [0.717, 1.165) is 12.3 Å². The molecule has 0 amide bonds. The highest BCUT2D eigenvalue weighted by molar-refractivity contribution is 4.78. The summed E-state index contributed by atoms with van der Waals surface area (Å²) >= 11 is 0. The highest BCUT2D eigenvalue weighted by atomic mass is 19.1. The quantitative estimate of drug-likeness (QED) is 0.547. The molecule has 3 atom stereocenters. The van der Waals surface area contributed by atoms with Gasteiger partial charge in [-0.15, -0.1) is 0 Å². The summed E-state index contributed by atoms with van der Waals surface area (Å²) in [6, 6.07) is 0. The molecule has 0 rings (SSSR count). The highest BCUT2D eigenvalue weighted by Crippen LogP contribution is 2.31. The highest BCUT2D eigenvalue weighted by Gasteiger charge is 2.27. The van der Waals surface area contributed by atoms with Gasteiger partial charge in [0, 0.05) is 0 Å². The lowest BCUT2D eigenvalue weighted by atomic mass is 9.81. The molecule has 0 aromatic carbocycles. The van der Waals surface area contributed by atoms with Crippen molar-refractivity contribution >= 4 is 0 Å². The van der Waals surface area contributed by atoms with Gasteiger partial charge in [0.05, 0.1) is 0 Å². The van der Waals surface area contributed by atoms with Crippen molar-refractivity contribution in [1.29, 1.82) is 0 Å². The zero-order chi connectivity index (χ0) is 12.1. The molecule has 0 spiro atoms. The van der Waals surface area contributed by atoms with Crippen molar-refractivity contribution < 1.29 is 4.39 Å². The summed E-state index contributed by atoms with van der Waals surface area (Å²) in [5.41, 5.74) is -0.959. The Morgan fingerprint density at radius 1 is 1.07 bits per heavy atom. The SMILES string of the molecule is CCCC(C)(F)CC(C)C(C)CC(C)C. The van der Waals surface area contributed by atoms with Crippen LogP contribution >= 0.6 is 0 Å².